The molecule has 0 aliphatic rings. The van der Waals surface area contributed by atoms with Crippen molar-refractivity contribution in [1.82, 2.24) is 29.5 Å². The summed E-state index contributed by atoms with van der Waals surface area (Å²) in [6.45, 7) is 3.67. The van der Waals surface area contributed by atoms with Gasteiger partial charge in [-0.3, -0.25) is 9.08 Å². The van der Waals surface area contributed by atoms with Gasteiger partial charge >= 0.3 is 0 Å². The second-order valence-corrected chi connectivity index (χ2v) is 5.73. The average molecular weight is 349 g/mol. The monoisotopic (exact) mass is 348 g/mol. The van der Waals surface area contributed by atoms with E-state index in [0.717, 1.165) is 41.1 Å². The Morgan fingerprint density at radius 3 is 2.86 bits per heavy atom. The smallest absolute Gasteiger partial charge is 0.155 e. The Balaban J connectivity index is 1.70. The predicted molar refractivity (Wildman–Crippen MR) is 83.8 cm³/mol. The van der Waals surface area contributed by atoms with E-state index in [2.05, 4.69) is 49.4 Å². The van der Waals surface area contributed by atoms with Crippen molar-refractivity contribution in [2.75, 3.05) is 0 Å². The van der Waals surface area contributed by atoms with Crippen LogP contribution in [0.25, 0.3) is 5.65 Å². The minimum absolute atomic E-state index is 0.746. The van der Waals surface area contributed by atoms with Gasteiger partial charge in [-0.2, -0.15) is 5.10 Å². The number of nitrogens with one attached hydrogen (secondary N) is 1. The molecule has 3 aromatic heterocycles. The highest BCUT2D eigenvalue weighted by Crippen LogP contribution is 2.11. The van der Waals surface area contributed by atoms with E-state index in [4.69, 9.17) is 0 Å². The minimum Gasteiger partial charge on any atom is -0.307 e. The Morgan fingerprint density at radius 1 is 1.19 bits per heavy atom. The number of fused-ring (bicyclic) bond motifs is 1. The van der Waals surface area contributed by atoms with Gasteiger partial charge in [-0.15, -0.1) is 0 Å². The summed E-state index contributed by atoms with van der Waals surface area (Å²) in [4.78, 5) is 8.52. The number of imidazole rings is 1. The Morgan fingerprint density at radius 2 is 2.05 bits per heavy atom. The van der Waals surface area contributed by atoms with E-state index < -0.39 is 0 Å². The van der Waals surface area contributed by atoms with E-state index in [1.807, 2.05) is 28.5 Å². The van der Waals surface area contributed by atoms with Crippen LogP contribution in [-0.4, -0.2) is 24.1 Å². The van der Waals surface area contributed by atoms with Crippen LogP contribution in [0, 0.1) is 0 Å². The molecule has 6 nitrogen and oxygen atoms in total. The Bertz CT molecular complexity index is 760. The molecule has 0 spiro atoms. The zero-order valence-electron chi connectivity index (χ0n) is 12.0. The topological polar surface area (TPSA) is 60.0 Å². The lowest BCUT2D eigenvalue weighted by molar-refractivity contribution is 0.670. The Labute approximate surface area is 131 Å². The standard InChI is InChI=1S/C14H17BrN6/c1-3-12-10(8-20(2)19-12)4-16-5-11-6-18-14-7-17-13(15)9-21(11)14/h6-9,16H,3-5H2,1-2H3. The first-order valence-electron chi connectivity index (χ1n) is 6.87. The number of hydrogen-bond acceptors (Lipinski definition) is 4. The molecule has 0 radical (unpaired) electrons. The van der Waals surface area contributed by atoms with Crippen LogP contribution in [0.1, 0.15) is 23.9 Å². The van der Waals surface area contributed by atoms with Crippen LogP contribution in [0.2, 0.25) is 0 Å². The fraction of sp³-hybridized carbons (Fsp3) is 0.357. The largest absolute Gasteiger partial charge is 0.307 e. The van der Waals surface area contributed by atoms with Crippen molar-refractivity contribution >= 4 is 21.6 Å². The zero-order chi connectivity index (χ0) is 14.8. The fourth-order valence-corrected chi connectivity index (χ4v) is 2.71. The SMILES string of the molecule is CCc1nn(C)cc1CNCc1cnc2cnc(Br)cn12. The molecule has 0 saturated heterocycles. The third-order valence-electron chi connectivity index (χ3n) is 3.39. The van der Waals surface area contributed by atoms with E-state index in [9.17, 15) is 0 Å². The number of nitrogens with zero attached hydrogens (tertiary/aromatic N) is 5. The second-order valence-electron chi connectivity index (χ2n) is 4.92. The van der Waals surface area contributed by atoms with E-state index in [-0.39, 0.29) is 0 Å². The Kier molecular flexibility index (Phi) is 4.03. The minimum atomic E-state index is 0.746. The highest BCUT2D eigenvalue weighted by molar-refractivity contribution is 9.10. The van der Waals surface area contributed by atoms with Crippen LogP contribution in [-0.2, 0) is 26.6 Å². The summed E-state index contributed by atoms with van der Waals surface area (Å²) < 4.78 is 4.70. The number of hydrogen-bond donors (Lipinski definition) is 1. The molecule has 0 saturated carbocycles. The summed E-state index contributed by atoms with van der Waals surface area (Å²) in [5.74, 6) is 0. The van der Waals surface area contributed by atoms with Crippen molar-refractivity contribution in [3.8, 4) is 0 Å². The Hall–Kier alpha value is -1.73. The lowest BCUT2D eigenvalue weighted by atomic mass is 10.2. The van der Waals surface area contributed by atoms with Gasteiger partial charge in [-0.1, -0.05) is 6.92 Å². The van der Waals surface area contributed by atoms with Gasteiger partial charge in [0.2, 0.25) is 0 Å². The van der Waals surface area contributed by atoms with Gasteiger partial charge in [-0.05, 0) is 22.4 Å². The van der Waals surface area contributed by atoms with Crippen molar-refractivity contribution in [3.05, 3.63) is 46.3 Å². The quantitative estimate of drug-likeness (QED) is 0.766. The van der Waals surface area contributed by atoms with Crippen molar-refractivity contribution in [1.29, 1.82) is 0 Å². The average Bonchev–Trinajstić information content (AvgIpc) is 3.02. The molecule has 7 heteroatoms. The van der Waals surface area contributed by atoms with Crippen molar-refractivity contribution in [2.24, 2.45) is 7.05 Å². The normalized spacial score (nSPS) is 11.4. The third kappa shape index (κ3) is 2.98. The first-order chi connectivity index (χ1) is 10.2. The van der Waals surface area contributed by atoms with Crippen LogP contribution < -0.4 is 5.32 Å². The van der Waals surface area contributed by atoms with Gasteiger partial charge in [0.05, 0.1) is 23.8 Å². The molecule has 0 bridgehead atoms. The summed E-state index contributed by atoms with van der Waals surface area (Å²) >= 11 is 3.39. The molecule has 0 fully saturated rings. The maximum Gasteiger partial charge on any atom is 0.155 e. The van der Waals surface area contributed by atoms with E-state index in [1.165, 1.54) is 5.56 Å². The van der Waals surface area contributed by atoms with Gasteiger partial charge in [0, 0.05) is 38.1 Å². The van der Waals surface area contributed by atoms with Crippen LogP contribution in [0.15, 0.2) is 29.4 Å². The van der Waals surface area contributed by atoms with Crippen LogP contribution in [0.3, 0.4) is 0 Å². The van der Waals surface area contributed by atoms with E-state index in [1.54, 1.807) is 6.20 Å². The first-order valence-corrected chi connectivity index (χ1v) is 7.66. The number of aromatic nitrogens is 5. The molecular weight excluding hydrogens is 332 g/mol. The third-order valence-corrected chi connectivity index (χ3v) is 3.80. The molecule has 0 atom stereocenters. The molecule has 21 heavy (non-hydrogen) atoms. The molecule has 3 heterocycles. The van der Waals surface area contributed by atoms with Gasteiger partial charge in [0.15, 0.2) is 5.65 Å². The summed E-state index contributed by atoms with van der Waals surface area (Å²) in [7, 11) is 1.96. The van der Waals surface area contributed by atoms with Crippen LogP contribution in [0.5, 0.6) is 0 Å². The highest BCUT2D eigenvalue weighted by atomic mass is 79.9. The maximum atomic E-state index is 4.45. The molecule has 0 aromatic carbocycles. The lowest BCUT2D eigenvalue weighted by Gasteiger charge is -2.05. The molecule has 0 amide bonds. The fourth-order valence-electron chi connectivity index (χ4n) is 2.40. The maximum absolute atomic E-state index is 4.45. The second kappa shape index (κ2) is 5.95. The number of rotatable bonds is 5. The first kappa shape index (κ1) is 14.2. The molecule has 3 rings (SSSR count). The van der Waals surface area contributed by atoms with Crippen molar-refractivity contribution in [3.63, 3.8) is 0 Å². The molecule has 1 N–H and O–H groups in total. The predicted octanol–water partition coefficient (Wildman–Crippen LogP) is 2.08. The highest BCUT2D eigenvalue weighted by Gasteiger charge is 2.07. The number of aryl methyl sites for hydroxylation is 2. The van der Waals surface area contributed by atoms with Crippen LogP contribution >= 0.6 is 15.9 Å². The van der Waals surface area contributed by atoms with Crippen molar-refractivity contribution in [2.45, 2.75) is 26.4 Å². The van der Waals surface area contributed by atoms with Gasteiger partial charge in [0.1, 0.15) is 4.60 Å². The molecule has 0 aliphatic heterocycles. The zero-order valence-corrected chi connectivity index (χ0v) is 13.6. The molecule has 3 aromatic rings. The summed E-state index contributed by atoms with van der Waals surface area (Å²) in [6.07, 6.45) is 8.58. The van der Waals surface area contributed by atoms with E-state index >= 15 is 0 Å². The molecular formula is C14H17BrN6. The van der Waals surface area contributed by atoms with E-state index in [0.29, 0.717) is 0 Å². The molecule has 110 valence electrons. The molecule has 0 aliphatic carbocycles. The van der Waals surface area contributed by atoms with Gasteiger partial charge in [0.25, 0.3) is 0 Å². The van der Waals surface area contributed by atoms with Gasteiger partial charge < -0.3 is 5.32 Å². The lowest BCUT2D eigenvalue weighted by Crippen LogP contribution is -2.14. The summed E-state index contributed by atoms with van der Waals surface area (Å²) in [5, 5.41) is 7.90. The van der Waals surface area contributed by atoms with Crippen molar-refractivity contribution < 1.29 is 0 Å². The molecule has 0 unspecified atom stereocenters. The number of halogens is 1. The summed E-state index contributed by atoms with van der Waals surface area (Å²) in [6, 6.07) is 0. The summed E-state index contributed by atoms with van der Waals surface area (Å²) in [5.41, 5.74) is 4.35. The van der Waals surface area contributed by atoms with Crippen LogP contribution in [0.4, 0.5) is 0 Å². The van der Waals surface area contributed by atoms with Gasteiger partial charge in [-0.25, -0.2) is 9.97 Å².